The van der Waals surface area contributed by atoms with E-state index < -0.39 is 15.8 Å². The Hall–Kier alpha value is -1.55. The number of carbonyl (C=O) groups excluding carboxylic acids is 1. The molecule has 1 unspecified atom stereocenters. The quantitative estimate of drug-likeness (QED) is 0.790. The van der Waals surface area contributed by atoms with E-state index in [0.29, 0.717) is 30.8 Å². The number of hydrogen-bond acceptors (Lipinski definition) is 5. The van der Waals surface area contributed by atoms with Gasteiger partial charge in [0, 0.05) is 57.4 Å². The second-order valence-corrected chi connectivity index (χ2v) is 8.99. The number of benzene rings is 1. The molecule has 2 fully saturated rings. The topological polar surface area (TPSA) is 81.8 Å². The zero-order chi connectivity index (χ0) is 18.3. The summed E-state index contributed by atoms with van der Waals surface area (Å²) in [5.41, 5.74) is 1.04. The van der Waals surface area contributed by atoms with Crippen molar-refractivity contribution in [2.24, 2.45) is 0 Å². The third-order valence-corrected chi connectivity index (χ3v) is 7.35. The molecule has 2 saturated heterocycles. The predicted molar refractivity (Wildman–Crippen MR) is 95.0 cm³/mol. The lowest BCUT2D eigenvalue weighted by molar-refractivity contribution is -0.116. The summed E-state index contributed by atoms with van der Waals surface area (Å²) >= 11 is 0. The molecule has 0 radical (unpaired) electrons. The molecule has 0 spiro atoms. The lowest BCUT2D eigenvalue weighted by Gasteiger charge is -2.32. The molecular weight excluding hydrogens is 359 g/mol. The first-order valence-corrected chi connectivity index (χ1v) is 10.5. The summed E-state index contributed by atoms with van der Waals surface area (Å²) in [5.74, 6) is -0.984. The molecule has 0 aliphatic carbocycles. The fraction of sp³-hybridized carbons (Fsp3) is 0.588. The van der Waals surface area contributed by atoms with Crippen LogP contribution in [0.1, 0.15) is 18.4 Å². The van der Waals surface area contributed by atoms with Gasteiger partial charge in [-0.25, -0.2) is 12.8 Å². The predicted octanol–water partition coefficient (Wildman–Crippen LogP) is 0.379. The highest BCUT2D eigenvalue weighted by molar-refractivity contribution is 7.89. The van der Waals surface area contributed by atoms with E-state index in [-0.39, 0.29) is 23.3 Å². The van der Waals surface area contributed by atoms with Crippen LogP contribution in [0.25, 0.3) is 0 Å². The maximum Gasteiger partial charge on any atom is 0.246 e. The molecule has 3 aliphatic heterocycles. The van der Waals surface area contributed by atoms with E-state index in [1.807, 2.05) is 0 Å². The summed E-state index contributed by atoms with van der Waals surface area (Å²) in [5, 5.41) is 5.89. The summed E-state index contributed by atoms with van der Waals surface area (Å²) in [6.07, 6.45) is 1.47. The molecule has 3 aliphatic rings. The minimum Gasteiger partial charge on any atom is -0.326 e. The van der Waals surface area contributed by atoms with Crippen molar-refractivity contribution in [1.82, 2.24) is 14.5 Å². The van der Waals surface area contributed by atoms with Crippen molar-refractivity contribution in [3.8, 4) is 0 Å². The fourth-order valence-electron chi connectivity index (χ4n) is 3.99. The third-order valence-electron chi connectivity index (χ3n) is 5.47. The van der Waals surface area contributed by atoms with Crippen molar-refractivity contribution in [2.75, 3.05) is 44.6 Å². The number of nitrogens with zero attached hydrogens (tertiary/aromatic N) is 2. The molecule has 4 rings (SSSR count). The van der Waals surface area contributed by atoms with Crippen LogP contribution in [0.3, 0.4) is 0 Å². The van der Waals surface area contributed by atoms with Crippen LogP contribution in [0.2, 0.25) is 0 Å². The van der Waals surface area contributed by atoms with Crippen molar-refractivity contribution in [2.45, 2.75) is 30.2 Å². The van der Waals surface area contributed by atoms with Crippen molar-refractivity contribution in [1.29, 1.82) is 0 Å². The Balaban J connectivity index is 1.56. The zero-order valence-corrected chi connectivity index (χ0v) is 15.3. The average molecular weight is 382 g/mol. The Morgan fingerprint density at radius 1 is 1.12 bits per heavy atom. The van der Waals surface area contributed by atoms with Crippen LogP contribution in [0.5, 0.6) is 0 Å². The van der Waals surface area contributed by atoms with Gasteiger partial charge in [0.15, 0.2) is 0 Å². The van der Waals surface area contributed by atoms with Gasteiger partial charge < -0.3 is 10.6 Å². The molecule has 2 N–H and O–H groups in total. The molecule has 9 heteroatoms. The monoisotopic (exact) mass is 382 g/mol. The number of sulfonamides is 1. The SMILES string of the molecule is O=C1CCc2cc(S(=O)(=O)N3CCC(N4CCNCC4)C3)c(F)cc2N1. The van der Waals surface area contributed by atoms with Gasteiger partial charge in [0.25, 0.3) is 0 Å². The number of hydrogen-bond donors (Lipinski definition) is 2. The second-order valence-electron chi connectivity index (χ2n) is 7.08. The molecule has 7 nitrogen and oxygen atoms in total. The molecule has 0 bridgehead atoms. The van der Waals surface area contributed by atoms with Crippen LogP contribution in [-0.4, -0.2) is 68.8 Å². The molecular formula is C17H23FN4O3S. The molecule has 1 atom stereocenters. The number of amides is 1. The summed E-state index contributed by atoms with van der Waals surface area (Å²) in [6, 6.07) is 2.70. The third kappa shape index (κ3) is 3.24. The Morgan fingerprint density at radius 3 is 2.65 bits per heavy atom. The van der Waals surface area contributed by atoms with Gasteiger partial charge in [-0.2, -0.15) is 4.31 Å². The van der Waals surface area contributed by atoms with Crippen molar-refractivity contribution >= 4 is 21.6 Å². The smallest absolute Gasteiger partial charge is 0.246 e. The number of anilines is 1. The fourth-order valence-corrected chi connectivity index (χ4v) is 5.58. The number of carbonyl (C=O) groups is 1. The summed E-state index contributed by atoms with van der Waals surface area (Å²) < 4.78 is 41.9. The number of fused-ring (bicyclic) bond motifs is 1. The molecule has 26 heavy (non-hydrogen) atoms. The maximum absolute atomic E-state index is 14.5. The van der Waals surface area contributed by atoms with Gasteiger partial charge in [-0.1, -0.05) is 0 Å². The van der Waals surface area contributed by atoms with Crippen LogP contribution in [-0.2, 0) is 21.2 Å². The minimum atomic E-state index is -3.88. The van der Waals surface area contributed by atoms with Crippen molar-refractivity contribution < 1.29 is 17.6 Å². The minimum absolute atomic E-state index is 0.175. The number of nitrogens with one attached hydrogen (secondary N) is 2. The van der Waals surface area contributed by atoms with E-state index in [1.54, 1.807) is 0 Å². The number of aryl methyl sites for hydroxylation is 1. The van der Waals surface area contributed by atoms with Gasteiger partial charge in [-0.05, 0) is 30.5 Å². The van der Waals surface area contributed by atoms with E-state index >= 15 is 0 Å². The molecule has 1 aromatic carbocycles. The lowest BCUT2D eigenvalue weighted by atomic mass is 10.0. The van der Waals surface area contributed by atoms with E-state index in [9.17, 15) is 17.6 Å². The lowest BCUT2D eigenvalue weighted by Crippen LogP contribution is -2.49. The highest BCUT2D eigenvalue weighted by atomic mass is 32.2. The molecule has 1 aromatic rings. The number of halogens is 1. The molecule has 3 heterocycles. The van der Waals surface area contributed by atoms with Crippen LogP contribution < -0.4 is 10.6 Å². The molecule has 142 valence electrons. The maximum atomic E-state index is 14.5. The van der Waals surface area contributed by atoms with E-state index in [4.69, 9.17) is 0 Å². The highest BCUT2D eigenvalue weighted by Gasteiger charge is 2.37. The van der Waals surface area contributed by atoms with Gasteiger partial charge in [0.2, 0.25) is 15.9 Å². The first kappa shape index (κ1) is 17.8. The van der Waals surface area contributed by atoms with Crippen LogP contribution in [0, 0.1) is 5.82 Å². The molecule has 0 aromatic heterocycles. The van der Waals surface area contributed by atoms with Gasteiger partial charge in [-0.15, -0.1) is 0 Å². The zero-order valence-electron chi connectivity index (χ0n) is 14.5. The summed E-state index contributed by atoms with van der Waals surface area (Å²) in [6.45, 7) is 4.44. The first-order chi connectivity index (χ1) is 12.4. The van der Waals surface area contributed by atoms with Gasteiger partial charge in [0.05, 0.1) is 0 Å². The highest BCUT2D eigenvalue weighted by Crippen LogP contribution is 2.31. The molecule has 0 saturated carbocycles. The van der Waals surface area contributed by atoms with Crippen molar-refractivity contribution in [3.05, 3.63) is 23.5 Å². The van der Waals surface area contributed by atoms with Crippen LogP contribution in [0.15, 0.2) is 17.0 Å². The Bertz CT molecular complexity index is 824. The Morgan fingerprint density at radius 2 is 1.88 bits per heavy atom. The Labute approximate surface area is 152 Å². The van der Waals surface area contributed by atoms with Crippen LogP contribution in [0.4, 0.5) is 10.1 Å². The average Bonchev–Trinajstić information content (AvgIpc) is 3.12. The largest absolute Gasteiger partial charge is 0.326 e. The van der Waals surface area contributed by atoms with Gasteiger partial charge in [-0.3, -0.25) is 9.69 Å². The molecule has 1 amide bonds. The standard InChI is InChI=1S/C17H23FN4O3S/c18-14-10-15-12(1-2-17(23)20-15)9-16(14)26(24,25)22-6-3-13(11-22)21-7-4-19-5-8-21/h9-10,13,19H,1-8,11H2,(H,20,23). The summed E-state index contributed by atoms with van der Waals surface area (Å²) in [4.78, 5) is 13.5. The van der Waals surface area contributed by atoms with Crippen molar-refractivity contribution in [3.63, 3.8) is 0 Å². The Kier molecular flexibility index (Phi) is 4.72. The van der Waals surface area contributed by atoms with Gasteiger partial charge in [0.1, 0.15) is 10.7 Å². The van der Waals surface area contributed by atoms with Crippen LogP contribution >= 0.6 is 0 Å². The number of rotatable bonds is 3. The number of piperazine rings is 1. The first-order valence-electron chi connectivity index (χ1n) is 9.02. The van der Waals surface area contributed by atoms with Gasteiger partial charge >= 0.3 is 0 Å². The van der Waals surface area contributed by atoms with E-state index in [2.05, 4.69) is 15.5 Å². The van der Waals surface area contributed by atoms with E-state index in [1.165, 1.54) is 10.4 Å². The summed E-state index contributed by atoms with van der Waals surface area (Å²) in [7, 11) is -3.88. The second kappa shape index (κ2) is 6.88. The van der Waals surface area contributed by atoms with E-state index in [0.717, 1.165) is 38.7 Å². The normalized spacial score (nSPS) is 25.1.